The van der Waals surface area contributed by atoms with Gasteiger partial charge < -0.3 is 47.8 Å². The van der Waals surface area contributed by atoms with Crippen LogP contribution in [0.15, 0.2) is 0 Å². The molecule has 0 aliphatic heterocycles. The molecular weight excluding hydrogens is 260 g/mol. The maximum atomic E-state index is 9.98. The van der Waals surface area contributed by atoms with E-state index in [1.54, 1.807) is 0 Å². The second-order valence-electron chi connectivity index (χ2n) is 2.49. The van der Waals surface area contributed by atoms with Crippen molar-refractivity contribution in [2.75, 3.05) is 6.61 Å². The molecule has 0 amide bonds. The molecular formula is C6H11CaClO7. The van der Waals surface area contributed by atoms with Crippen LogP contribution < -0.4 is 17.5 Å². The van der Waals surface area contributed by atoms with Crippen LogP contribution >= 0.6 is 0 Å². The quantitative estimate of drug-likeness (QED) is 0.312. The van der Waals surface area contributed by atoms with Gasteiger partial charge in [-0.1, -0.05) is 0 Å². The van der Waals surface area contributed by atoms with Gasteiger partial charge in [0.1, 0.15) is 24.4 Å². The molecule has 0 heterocycles. The zero-order chi connectivity index (χ0) is 10.6. The minimum atomic E-state index is -2.31. The van der Waals surface area contributed by atoms with Gasteiger partial charge in [0.05, 0.1) is 12.6 Å². The van der Waals surface area contributed by atoms with E-state index in [0.29, 0.717) is 0 Å². The van der Waals surface area contributed by atoms with Gasteiger partial charge in [-0.15, -0.1) is 0 Å². The summed E-state index contributed by atoms with van der Waals surface area (Å²) >= 11 is 0. The van der Waals surface area contributed by atoms with Crippen LogP contribution in [0, 0.1) is 0 Å². The van der Waals surface area contributed by atoms with Crippen molar-refractivity contribution in [1.82, 2.24) is 0 Å². The van der Waals surface area contributed by atoms with Crippen molar-refractivity contribution in [2.45, 2.75) is 24.4 Å². The third kappa shape index (κ3) is 6.88. The molecule has 0 aromatic rings. The molecule has 15 heavy (non-hydrogen) atoms. The number of carbonyl (C=O) groups is 1. The summed E-state index contributed by atoms with van der Waals surface area (Å²) in [6.07, 6.45) is -8.08. The standard InChI is InChI=1S/C6H12O7.Ca.ClH/c7-1-2(8)3(9)4(10)5(11)6(12)13;;/h2-5,7-11H,1H2,(H,12,13);;1H/q;+2;/p-2. The number of carboxylic acids is 1. The van der Waals surface area contributed by atoms with Crippen LogP contribution in [0.2, 0.25) is 0 Å². The molecule has 4 atom stereocenters. The van der Waals surface area contributed by atoms with Crippen molar-refractivity contribution >= 4 is 43.7 Å². The van der Waals surface area contributed by atoms with Crippen LogP contribution in [0.3, 0.4) is 0 Å². The molecule has 4 unspecified atom stereocenters. The third-order valence-corrected chi connectivity index (χ3v) is 1.50. The second-order valence-corrected chi connectivity index (χ2v) is 2.49. The summed E-state index contributed by atoms with van der Waals surface area (Å²) in [4.78, 5) is 9.98. The molecule has 9 heteroatoms. The maximum absolute atomic E-state index is 9.98. The number of aliphatic carboxylic acids is 1. The van der Waals surface area contributed by atoms with E-state index in [9.17, 15) is 9.90 Å². The first-order chi connectivity index (χ1) is 5.91. The van der Waals surface area contributed by atoms with Gasteiger partial charge in [0.2, 0.25) is 0 Å². The Kier molecular flexibility index (Phi) is 14.1. The van der Waals surface area contributed by atoms with E-state index >= 15 is 0 Å². The van der Waals surface area contributed by atoms with Crippen LogP contribution in [0.1, 0.15) is 0 Å². The predicted molar refractivity (Wildman–Crippen MR) is 41.9 cm³/mol. The molecule has 0 bridgehead atoms. The van der Waals surface area contributed by atoms with Crippen molar-refractivity contribution in [2.24, 2.45) is 0 Å². The number of carbonyl (C=O) groups excluding carboxylic acids is 1. The molecule has 0 aromatic heterocycles. The third-order valence-electron chi connectivity index (χ3n) is 1.50. The molecule has 0 aromatic carbocycles. The number of aliphatic hydroxyl groups is 5. The monoisotopic (exact) mass is 270 g/mol. The first-order valence-corrected chi connectivity index (χ1v) is 3.45. The minimum Gasteiger partial charge on any atom is -1.00 e. The summed E-state index contributed by atoms with van der Waals surface area (Å²) in [6, 6.07) is 0. The van der Waals surface area contributed by atoms with E-state index in [1.807, 2.05) is 0 Å². The average Bonchev–Trinajstić information content (AvgIpc) is 2.12. The Morgan fingerprint density at radius 1 is 1.13 bits per heavy atom. The Bertz CT molecular complexity index is 181. The Hall–Kier alpha value is 0.820. The Balaban J connectivity index is -0.000000720. The van der Waals surface area contributed by atoms with E-state index in [0.717, 1.165) is 0 Å². The first-order valence-electron chi connectivity index (χ1n) is 3.45. The molecule has 0 spiro atoms. The predicted octanol–water partition coefficient (Wildman–Crippen LogP) is -8.20. The first kappa shape index (κ1) is 21.1. The summed E-state index contributed by atoms with van der Waals surface area (Å²) in [5.74, 6) is -1.98. The van der Waals surface area contributed by atoms with Gasteiger partial charge in [0.15, 0.2) is 0 Å². The van der Waals surface area contributed by atoms with Crippen LogP contribution in [-0.4, -0.2) is 100 Å². The molecule has 86 valence electrons. The van der Waals surface area contributed by atoms with E-state index in [4.69, 9.17) is 25.5 Å². The van der Waals surface area contributed by atoms with Gasteiger partial charge >= 0.3 is 37.7 Å². The Morgan fingerprint density at radius 3 is 1.80 bits per heavy atom. The van der Waals surface area contributed by atoms with Crippen LogP contribution in [0.5, 0.6) is 0 Å². The van der Waals surface area contributed by atoms with Gasteiger partial charge in [0, 0.05) is 0 Å². The van der Waals surface area contributed by atoms with Gasteiger partial charge in [-0.05, 0) is 0 Å². The van der Waals surface area contributed by atoms with Crippen LogP contribution in [-0.2, 0) is 4.79 Å². The zero-order valence-corrected chi connectivity index (χ0v) is 10.6. The molecule has 0 aliphatic rings. The number of rotatable bonds is 5. The summed E-state index contributed by atoms with van der Waals surface area (Å²) < 4.78 is 0. The van der Waals surface area contributed by atoms with E-state index in [-0.39, 0.29) is 50.1 Å². The fraction of sp³-hybridized carbons (Fsp3) is 0.833. The number of aliphatic hydroxyl groups excluding tert-OH is 5. The fourth-order valence-electron chi connectivity index (χ4n) is 0.662. The number of hydrogen-bond acceptors (Lipinski definition) is 7. The SMILES string of the molecule is O=C([O-])C(O)C(O)C(O)C(O)CO.[Ca+2].[Cl-]. The van der Waals surface area contributed by atoms with Gasteiger partial charge in [-0.3, -0.25) is 0 Å². The van der Waals surface area contributed by atoms with Gasteiger partial charge in [0.25, 0.3) is 0 Å². The minimum absolute atomic E-state index is 0. The summed E-state index contributed by atoms with van der Waals surface area (Å²) in [5.41, 5.74) is 0. The average molecular weight is 271 g/mol. The van der Waals surface area contributed by atoms with Crippen molar-refractivity contribution in [3.63, 3.8) is 0 Å². The van der Waals surface area contributed by atoms with Crippen molar-refractivity contribution < 1.29 is 47.8 Å². The molecule has 5 N–H and O–H groups in total. The molecule has 0 saturated heterocycles. The fourth-order valence-corrected chi connectivity index (χ4v) is 0.662. The largest absolute Gasteiger partial charge is 2.00 e. The van der Waals surface area contributed by atoms with Crippen LogP contribution in [0.4, 0.5) is 0 Å². The molecule has 0 saturated carbocycles. The van der Waals surface area contributed by atoms with E-state index < -0.39 is 37.0 Å². The Morgan fingerprint density at radius 2 is 1.53 bits per heavy atom. The molecule has 7 nitrogen and oxygen atoms in total. The topological polar surface area (TPSA) is 141 Å². The zero-order valence-electron chi connectivity index (χ0n) is 7.65. The van der Waals surface area contributed by atoms with Gasteiger partial charge in [-0.2, -0.15) is 0 Å². The number of hydrogen-bond donors (Lipinski definition) is 5. The maximum Gasteiger partial charge on any atom is 2.00 e. The molecule has 0 aliphatic carbocycles. The molecule has 0 radical (unpaired) electrons. The smallest absolute Gasteiger partial charge is 1.00 e. The normalized spacial score (nSPS) is 17.7. The number of carboxylic acid groups (broad SMARTS) is 1. The van der Waals surface area contributed by atoms with E-state index in [1.165, 1.54) is 0 Å². The van der Waals surface area contributed by atoms with Crippen LogP contribution in [0.25, 0.3) is 0 Å². The summed E-state index contributed by atoms with van der Waals surface area (Å²) in [6.45, 7) is -0.863. The van der Waals surface area contributed by atoms with Crippen molar-refractivity contribution in [3.8, 4) is 0 Å². The second kappa shape index (κ2) is 10.0. The number of halogens is 1. The Labute approximate surface area is 122 Å². The van der Waals surface area contributed by atoms with E-state index in [2.05, 4.69) is 0 Å². The molecule has 0 rings (SSSR count). The van der Waals surface area contributed by atoms with Gasteiger partial charge in [-0.25, -0.2) is 0 Å². The summed E-state index contributed by atoms with van der Waals surface area (Å²) in [5, 5.41) is 53.4. The summed E-state index contributed by atoms with van der Waals surface area (Å²) in [7, 11) is 0. The van der Waals surface area contributed by atoms with Crippen molar-refractivity contribution in [1.29, 1.82) is 0 Å². The van der Waals surface area contributed by atoms with Crippen molar-refractivity contribution in [3.05, 3.63) is 0 Å². The molecule has 0 fully saturated rings.